The van der Waals surface area contributed by atoms with Crippen LogP contribution in [0.2, 0.25) is 0 Å². The normalized spacial score (nSPS) is 10.9. The van der Waals surface area contributed by atoms with E-state index in [1.54, 1.807) is 17.0 Å². The van der Waals surface area contributed by atoms with E-state index >= 15 is 0 Å². The molecule has 2 heterocycles. The molecule has 0 bridgehead atoms. The minimum atomic E-state index is -0.291. The Morgan fingerprint density at radius 1 is 1.00 bits per heavy atom. The van der Waals surface area contributed by atoms with E-state index in [9.17, 15) is 9.59 Å². The van der Waals surface area contributed by atoms with Gasteiger partial charge in [0, 0.05) is 16.8 Å². The fourth-order valence-electron chi connectivity index (χ4n) is 3.19. The van der Waals surface area contributed by atoms with Gasteiger partial charge in [-0.25, -0.2) is 0 Å². The number of pyridine rings is 1. The lowest BCUT2D eigenvalue weighted by Gasteiger charge is -2.22. The third kappa shape index (κ3) is 3.34. The van der Waals surface area contributed by atoms with Crippen molar-refractivity contribution in [2.24, 2.45) is 0 Å². The lowest BCUT2D eigenvalue weighted by atomic mass is 10.1. The molecule has 0 fully saturated rings. The van der Waals surface area contributed by atoms with E-state index in [0.29, 0.717) is 5.56 Å². The highest BCUT2D eigenvalue weighted by molar-refractivity contribution is 6.04. The Hall–Kier alpha value is -3.60. The van der Waals surface area contributed by atoms with E-state index in [0.717, 1.165) is 27.7 Å². The molecule has 1 N–H and O–H groups in total. The van der Waals surface area contributed by atoms with E-state index in [1.165, 1.54) is 6.26 Å². The molecule has 0 atom stereocenters. The summed E-state index contributed by atoms with van der Waals surface area (Å²) in [5.41, 5.74) is 4.00. The molecular formula is C23H20N2O3. The molecule has 4 rings (SSSR count). The van der Waals surface area contributed by atoms with Gasteiger partial charge in [-0.3, -0.25) is 9.59 Å². The molecule has 0 saturated carbocycles. The highest BCUT2D eigenvalue weighted by atomic mass is 16.3. The predicted molar refractivity (Wildman–Crippen MR) is 110 cm³/mol. The number of para-hydroxylation sites is 1. The molecular weight excluding hydrogens is 352 g/mol. The van der Waals surface area contributed by atoms with Crippen LogP contribution in [0.5, 0.6) is 0 Å². The van der Waals surface area contributed by atoms with Crippen LogP contribution in [0.15, 0.2) is 76.1 Å². The molecule has 28 heavy (non-hydrogen) atoms. The number of nitrogens with one attached hydrogen (secondary N) is 1. The highest BCUT2D eigenvalue weighted by Gasteiger charge is 2.22. The lowest BCUT2D eigenvalue weighted by Crippen LogP contribution is -2.32. The molecule has 0 aliphatic heterocycles. The molecule has 5 nitrogen and oxygen atoms in total. The van der Waals surface area contributed by atoms with Crippen molar-refractivity contribution in [2.45, 2.75) is 20.4 Å². The first-order valence-electron chi connectivity index (χ1n) is 9.06. The molecule has 2 aromatic carbocycles. The number of carbonyl (C=O) groups is 1. The minimum Gasteiger partial charge on any atom is -0.459 e. The summed E-state index contributed by atoms with van der Waals surface area (Å²) >= 11 is 0. The maximum absolute atomic E-state index is 13.1. The number of benzene rings is 2. The Morgan fingerprint density at radius 2 is 1.82 bits per heavy atom. The summed E-state index contributed by atoms with van der Waals surface area (Å²) in [6.45, 7) is 4.16. The van der Waals surface area contributed by atoms with Gasteiger partial charge in [0.15, 0.2) is 5.76 Å². The van der Waals surface area contributed by atoms with E-state index in [4.69, 9.17) is 4.42 Å². The lowest BCUT2D eigenvalue weighted by molar-refractivity contribution is 0.0958. The van der Waals surface area contributed by atoms with Gasteiger partial charge in [0.25, 0.3) is 11.5 Å². The third-order valence-corrected chi connectivity index (χ3v) is 4.94. The van der Waals surface area contributed by atoms with Crippen molar-refractivity contribution in [1.29, 1.82) is 0 Å². The van der Waals surface area contributed by atoms with Crippen molar-refractivity contribution >= 4 is 22.5 Å². The number of hydrogen-bond acceptors (Lipinski definition) is 3. The Morgan fingerprint density at radius 3 is 2.57 bits per heavy atom. The number of furan rings is 1. The number of aromatic nitrogens is 1. The van der Waals surface area contributed by atoms with Crippen LogP contribution in [0.4, 0.5) is 5.69 Å². The van der Waals surface area contributed by atoms with Gasteiger partial charge < -0.3 is 14.3 Å². The molecule has 1 amide bonds. The molecule has 0 aliphatic carbocycles. The van der Waals surface area contributed by atoms with Gasteiger partial charge in [0.05, 0.1) is 12.8 Å². The molecule has 0 radical (unpaired) electrons. The van der Waals surface area contributed by atoms with Crippen molar-refractivity contribution in [3.8, 4) is 0 Å². The number of H-pyrrole nitrogens is 1. The molecule has 0 saturated heterocycles. The summed E-state index contributed by atoms with van der Waals surface area (Å²) in [7, 11) is 0. The first kappa shape index (κ1) is 17.8. The number of rotatable bonds is 4. The van der Waals surface area contributed by atoms with Crippen molar-refractivity contribution in [3.63, 3.8) is 0 Å². The number of carbonyl (C=O) groups excluding carboxylic acids is 1. The van der Waals surface area contributed by atoms with Gasteiger partial charge in [-0.1, -0.05) is 24.3 Å². The van der Waals surface area contributed by atoms with E-state index in [1.807, 2.05) is 62.4 Å². The van der Waals surface area contributed by atoms with Crippen LogP contribution >= 0.6 is 0 Å². The largest absolute Gasteiger partial charge is 0.459 e. The van der Waals surface area contributed by atoms with Gasteiger partial charge >= 0.3 is 0 Å². The summed E-state index contributed by atoms with van der Waals surface area (Å²) in [4.78, 5) is 30.2. The standard InChI is InChI=1S/C23H20N2O3/c1-15-9-10-19(12-16(15)2)25(23(27)21-8-5-11-28-21)14-18-13-17-6-3-4-7-20(17)24-22(18)26/h3-13H,14H2,1-2H3,(H,24,26). The summed E-state index contributed by atoms with van der Waals surface area (Å²) in [5, 5.41) is 0.919. The zero-order valence-corrected chi connectivity index (χ0v) is 15.7. The molecule has 4 aromatic rings. The van der Waals surface area contributed by atoms with E-state index in [2.05, 4.69) is 4.98 Å². The summed E-state index contributed by atoms with van der Waals surface area (Å²) in [5.74, 6) is -0.0590. The molecule has 2 aromatic heterocycles. The number of nitrogens with zero attached hydrogens (tertiary/aromatic N) is 1. The maximum atomic E-state index is 13.1. The fraction of sp³-hybridized carbons (Fsp3) is 0.130. The van der Waals surface area contributed by atoms with E-state index in [-0.39, 0.29) is 23.8 Å². The second kappa shape index (κ2) is 7.19. The number of anilines is 1. The topological polar surface area (TPSA) is 66.3 Å². The first-order valence-corrected chi connectivity index (χ1v) is 9.06. The fourth-order valence-corrected chi connectivity index (χ4v) is 3.19. The zero-order chi connectivity index (χ0) is 19.7. The van der Waals surface area contributed by atoms with Crippen LogP contribution in [0.1, 0.15) is 27.2 Å². The quantitative estimate of drug-likeness (QED) is 0.570. The average molecular weight is 372 g/mol. The minimum absolute atomic E-state index is 0.141. The number of amides is 1. The molecule has 0 spiro atoms. The van der Waals surface area contributed by atoms with Crippen molar-refractivity contribution < 1.29 is 9.21 Å². The first-order chi connectivity index (χ1) is 13.5. The summed E-state index contributed by atoms with van der Waals surface area (Å²) < 4.78 is 5.31. The van der Waals surface area contributed by atoms with Gasteiger partial charge in [-0.2, -0.15) is 0 Å². The molecule has 5 heteroatoms. The van der Waals surface area contributed by atoms with Crippen LogP contribution in [-0.4, -0.2) is 10.9 Å². The van der Waals surface area contributed by atoms with Crippen LogP contribution in [0.3, 0.4) is 0 Å². The Bertz CT molecular complexity index is 1210. The number of aryl methyl sites for hydroxylation is 2. The number of fused-ring (bicyclic) bond motifs is 1. The van der Waals surface area contributed by atoms with Crippen LogP contribution in [0, 0.1) is 13.8 Å². The van der Waals surface area contributed by atoms with Crippen molar-refractivity contribution in [3.05, 3.63) is 99.7 Å². The Kier molecular flexibility index (Phi) is 4.57. The molecule has 140 valence electrons. The van der Waals surface area contributed by atoms with Crippen LogP contribution in [-0.2, 0) is 6.54 Å². The van der Waals surface area contributed by atoms with Gasteiger partial charge in [0.1, 0.15) is 0 Å². The SMILES string of the molecule is Cc1ccc(N(Cc2cc3ccccc3[nH]c2=O)C(=O)c2ccco2)cc1C. The summed E-state index contributed by atoms with van der Waals surface area (Å²) in [6.07, 6.45) is 1.47. The zero-order valence-electron chi connectivity index (χ0n) is 15.7. The summed E-state index contributed by atoms with van der Waals surface area (Å²) in [6, 6.07) is 18.5. The maximum Gasteiger partial charge on any atom is 0.294 e. The number of hydrogen-bond donors (Lipinski definition) is 1. The van der Waals surface area contributed by atoms with E-state index < -0.39 is 0 Å². The van der Waals surface area contributed by atoms with Crippen LogP contribution < -0.4 is 10.5 Å². The van der Waals surface area contributed by atoms with Gasteiger partial charge in [0.2, 0.25) is 0 Å². The van der Waals surface area contributed by atoms with Crippen molar-refractivity contribution in [1.82, 2.24) is 4.98 Å². The van der Waals surface area contributed by atoms with Gasteiger partial charge in [-0.05, 0) is 66.8 Å². The third-order valence-electron chi connectivity index (χ3n) is 4.94. The number of aromatic amines is 1. The predicted octanol–water partition coefficient (Wildman–Crippen LogP) is 4.58. The molecule has 0 aliphatic rings. The second-order valence-electron chi connectivity index (χ2n) is 6.85. The second-order valence-corrected chi connectivity index (χ2v) is 6.85. The Balaban J connectivity index is 1.79. The highest BCUT2D eigenvalue weighted by Crippen LogP contribution is 2.23. The molecule has 0 unspecified atom stereocenters. The smallest absolute Gasteiger partial charge is 0.294 e. The van der Waals surface area contributed by atoms with Gasteiger partial charge in [-0.15, -0.1) is 0 Å². The average Bonchev–Trinajstić information content (AvgIpc) is 3.23. The monoisotopic (exact) mass is 372 g/mol. The Labute approximate surface area is 162 Å². The van der Waals surface area contributed by atoms with Crippen LogP contribution in [0.25, 0.3) is 10.9 Å². The van der Waals surface area contributed by atoms with Crippen molar-refractivity contribution in [2.75, 3.05) is 4.90 Å².